The molecule has 13 heteroatoms. The summed E-state index contributed by atoms with van der Waals surface area (Å²) in [6.45, 7) is 0. The van der Waals surface area contributed by atoms with Crippen molar-refractivity contribution in [1.29, 1.82) is 0 Å². The number of hydrogen-bond donors (Lipinski definition) is 3. The zero-order valence-electron chi connectivity index (χ0n) is 13.9. The molecule has 0 saturated heterocycles. The van der Waals surface area contributed by atoms with Crippen LogP contribution in [0.25, 0.3) is 6.08 Å². The number of hydrogen-bond acceptors (Lipinski definition) is 7. The summed E-state index contributed by atoms with van der Waals surface area (Å²) in [5.41, 5.74) is 0.203. The molecule has 1 heterocycles. The van der Waals surface area contributed by atoms with E-state index < -0.39 is 36.0 Å². The molecule has 2 aromatic carbocycles. The number of nitrogens with two attached hydrogens (primary N) is 1. The van der Waals surface area contributed by atoms with E-state index in [0.717, 1.165) is 12.1 Å². The van der Waals surface area contributed by atoms with E-state index in [9.17, 15) is 26.9 Å². The van der Waals surface area contributed by atoms with Crippen molar-refractivity contribution >= 4 is 49.1 Å². The third kappa shape index (κ3) is 4.00. The first-order valence-electron chi connectivity index (χ1n) is 7.56. The van der Waals surface area contributed by atoms with Crippen molar-refractivity contribution in [2.75, 3.05) is 5.32 Å². The Morgan fingerprint density at radius 1 is 1.25 bits per heavy atom. The van der Waals surface area contributed by atoms with E-state index in [4.69, 9.17) is 16.7 Å². The van der Waals surface area contributed by atoms with Gasteiger partial charge in [0.05, 0.1) is 21.2 Å². The highest BCUT2D eigenvalue weighted by molar-refractivity contribution is 7.90. The molecule has 10 nitrogen and oxygen atoms in total. The number of sulfonamides is 2. The van der Waals surface area contributed by atoms with Crippen molar-refractivity contribution in [1.82, 2.24) is 4.72 Å². The van der Waals surface area contributed by atoms with E-state index in [2.05, 4.69) is 10.0 Å². The minimum atomic E-state index is -4.22. The van der Waals surface area contributed by atoms with Crippen molar-refractivity contribution in [2.24, 2.45) is 5.14 Å². The van der Waals surface area contributed by atoms with E-state index in [1.807, 2.05) is 0 Å². The highest BCUT2D eigenvalue weighted by Crippen LogP contribution is 2.33. The van der Waals surface area contributed by atoms with Gasteiger partial charge in [-0.1, -0.05) is 23.7 Å². The van der Waals surface area contributed by atoms with Gasteiger partial charge >= 0.3 is 0 Å². The Labute approximate surface area is 165 Å². The molecule has 0 saturated carbocycles. The van der Waals surface area contributed by atoms with Gasteiger partial charge in [-0.3, -0.25) is 10.1 Å². The van der Waals surface area contributed by atoms with Gasteiger partial charge < -0.3 is 5.32 Å². The van der Waals surface area contributed by atoms with Crippen LogP contribution in [0.3, 0.4) is 0 Å². The van der Waals surface area contributed by atoms with Crippen molar-refractivity contribution in [3.05, 3.63) is 63.2 Å². The van der Waals surface area contributed by atoms with Crippen LogP contribution in [0.15, 0.2) is 52.3 Å². The van der Waals surface area contributed by atoms with Crippen LogP contribution < -0.4 is 15.2 Å². The van der Waals surface area contributed by atoms with E-state index in [-0.39, 0.29) is 26.9 Å². The molecule has 0 amide bonds. The Hall–Kier alpha value is -2.51. The van der Waals surface area contributed by atoms with Crippen LogP contribution in [0.2, 0.25) is 5.02 Å². The fourth-order valence-corrected chi connectivity index (χ4v) is 5.05. The van der Waals surface area contributed by atoms with Gasteiger partial charge in [0.1, 0.15) is 16.0 Å². The fraction of sp³-hybridized carbons (Fsp3) is 0.0667. The molecule has 0 radical (unpaired) electrons. The van der Waals surface area contributed by atoms with Crippen molar-refractivity contribution < 1.29 is 21.8 Å². The number of anilines is 1. The second-order valence-corrected chi connectivity index (χ2v) is 9.36. The Kier molecular flexibility index (Phi) is 5.16. The number of nitrogens with zero attached hydrogens (tertiary/aromatic N) is 1. The zero-order valence-corrected chi connectivity index (χ0v) is 16.3. The quantitative estimate of drug-likeness (QED) is 0.476. The summed E-state index contributed by atoms with van der Waals surface area (Å²) < 4.78 is 50.4. The number of benzene rings is 2. The van der Waals surface area contributed by atoms with Gasteiger partial charge in [-0.25, -0.2) is 22.0 Å². The van der Waals surface area contributed by atoms with Crippen LogP contribution >= 0.6 is 11.6 Å². The third-order valence-electron chi connectivity index (χ3n) is 3.82. The van der Waals surface area contributed by atoms with Crippen LogP contribution in [-0.2, 0) is 20.0 Å². The summed E-state index contributed by atoms with van der Waals surface area (Å²) in [6, 6.07) is 7.95. The molecule has 1 unspecified atom stereocenters. The molecule has 0 bridgehead atoms. The first-order valence-corrected chi connectivity index (χ1v) is 11.0. The molecule has 2 aromatic rings. The highest BCUT2D eigenvalue weighted by atomic mass is 35.5. The van der Waals surface area contributed by atoms with Crippen molar-refractivity contribution in [2.45, 2.75) is 16.0 Å². The molecule has 0 spiro atoms. The number of rotatable bonds is 4. The highest BCUT2D eigenvalue weighted by Gasteiger charge is 2.31. The SMILES string of the molecule is NS(=O)(=O)c1cc2c(cc1Cl)NC(C=Cc1ccccc1[N+](=O)[O-])NS2(=O)=O. The van der Waals surface area contributed by atoms with Gasteiger partial charge in [0.2, 0.25) is 20.0 Å². The summed E-state index contributed by atoms with van der Waals surface area (Å²) in [7, 11) is -8.32. The summed E-state index contributed by atoms with van der Waals surface area (Å²) in [5, 5.41) is 18.7. The van der Waals surface area contributed by atoms with E-state index in [1.165, 1.54) is 30.4 Å². The van der Waals surface area contributed by atoms with Gasteiger partial charge in [-0.2, -0.15) is 4.72 Å². The minimum Gasteiger partial charge on any atom is -0.365 e. The number of nitrogens with one attached hydrogen (secondary N) is 2. The van der Waals surface area contributed by atoms with E-state index in [1.54, 1.807) is 6.07 Å². The average Bonchev–Trinajstić information content (AvgIpc) is 2.57. The summed E-state index contributed by atoms with van der Waals surface area (Å²) >= 11 is 5.91. The van der Waals surface area contributed by atoms with Crippen LogP contribution in [0, 0.1) is 10.1 Å². The van der Waals surface area contributed by atoms with E-state index >= 15 is 0 Å². The lowest BCUT2D eigenvalue weighted by Gasteiger charge is -2.26. The molecule has 0 fully saturated rings. The first kappa shape index (κ1) is 20.2. The molecule has 28 heavy (non-hydrogen) atoms. The molecule has 148 valence electrons. The number of primary sulfonamides is 1. The average molecular weight is 445 g/mol. The van der Waals surface area contributed by atoms with Gasteiger partial charge in [-0.15, -0.1) is 0 Å². The number of nitro benzene ring substituents is 1. The maximum Gasteiger partial charge on any atom is 0.276 e. The lowest BCUT2D eigenvalue weighted by atomic mass is 10.1. The summed E-state index contributed by atoms with van der Waals surface area (Å²) in [4.78, 5) is 9.65. The van der Waals surface area contributed by atoms with Crippen LogP contribution in [0.5, 0.6) is 0 Å². The number of nitro groups is 1. The second kappa shape index (κ2) is 7.14. The minimum absolute atomic E-state index is 0.0633. The predicted octanol–water partition coefficient (Wildman–Crippen LogP) is 1.64. The van der Waals surface area contributed by atoms with Gasteiger partial charge in [0, 0.05) is 6.07 Å². The monoisotopic (exact) mass is 444 g/mol. The summed E-state index contributed by atoms with van der Waals surface area (Å²) in [6.07, 6.45) is 1.82. The molecule has 1 aliphatic heterocycles. The Morgan fingerprint density at radius 3 is 2.57 bits per heavy atom. The van der Waals surface area contributed by atoms with Gasteiger partial charge in [0.15, 0.2) is 0 Å². The standard InChI is InChI=1S/C15H13ClN4O6S2/c16-10-7-11-14(8-13(10)27(17,23)24)28(25,26)19-15(18-11)6-5-9-3-1-2-4-12(9)20(21)22/h1-8,15,18-19H,(H2,17,23,24). The van der Waals surface area contributed by atoms with Gasteiger partial charge in [-0.05, 0) is 30.4 Å². The summed E-state index contributed by atoms with van der Waals surface area (Å²) in [5.74, 6) is 0. The number of para-hydroxylation sites is 1. The molecule has 3 rings (SSSR count). The molecular weight excluding hydrogens is 432 g/mol. The lowest BCUT2D eigenvalue weighted by Crippen LogP contribution is -2.43. The van der Waals surface area contributed by atoms with Crippen LogP contribution in [-0.4, -0.2) is 27.9 Å². The third-order valence-corrected chi connectivity index (χ3v) is 6.68. The lowest BCUT2D eigenvalue weighted by molar-refractivity contribution is -0.385. The largest absolute Gasteiger partial charge is 0.365 e. The normalized spacial score (nSPS) is 18.4. The molecule has 1 aliphatic rings. The Morgan fingerprint density at radius 2 is 1.93 bits per heavy atom. The van der Waals surface area contributed by atoms with Crippen molar-refractivity contribution in [3.63, 3.8) is 0 Å². The van der Waals surface area contributed by atoms with Crippen molar-refractivity contribution in [3.8, 4) is 0 Å². The maximum absolute atomic E-state index is 12.5. The Bertz CT molecular complexity index is 1210. The zero-order chi connectivity index (χ0) is 20.7. The molecule has 1 atom stereocenters. The molecule has 0 aliphatic carbocycles. The number of fused-ring (bicyclic) bond motifs is 1. The molecule has 4 N–H and O–H groups in total. The second-order valence-electron chi connectivity index (χ2n) is 5.74. The number of halogens is 1. The smallest absolute Gasteiger partial charge is 0.276 e. The topological polar surface area (TPSA) is 162 Å². The predicted molar refractivity (Wildman–Crippen MR) is 103 cm³/mol. The molecule has 0 aromatic heterocycles. The Balaban J connectivity index is 1.99. The fourth-order valence-electron chi connectivity index (χ4n) is 2.60. The first-order chi connectivity index (χ1) is 13.0. The maximum atomic E-state index is 12.5. The van der Waals surface area contributed by atoms with Crippen LogP contribution in [0.4, 0.5) is 11.4 Å². The van der Waals surface area contributed by atoms with Gasteiger partial charge in [0.25, 0.3) is 5.69 Å². The molecular formula is C15H13ClN4O6S2. The van der Waals surface area contributed by atoms with E-state index in [0.29, 0.717) is 0 Å². The van der Waals surface area contributed by atoms with Crippen LogP contribution in [0.1, 0.15) is 5.56 Å².